The van der Waals surface area contributed by atoms with E-state index in [0.29, 0.717) is 0 Å². The van der Waals surface area contributed by atoms with Crippen LogP contribution in [0.1, 0.15) is 0 Å². The molecule has 0 spiro atoms. The summed E-state index contributed by atoms with van der Waals surface area (Å²) in [6, 6.07) is 4.09. The van der Waals surface area contributed by atoms with Gasteiger partial charge in [-0.15, -0.1) is 0 Å². The van der Waals surface area contributed by atoms with Crippen molar-refractivity contribution in [3.8, 4) is 0 Å². The molecule has 0 saturated carbocycles. The van der Waals surface area contributed by atoms with Crippen molar-refractivity contribution in [3.63, 3.8) is 0 Å². The first-order valence-electron chi connectivity index (χ1n) is 7.47. The van der Waals surface area contributed by atoms with E-state index in [9.17, 15) is 0 Å². The maximum Gasteiger partial charge on any atom is 0.0894 e. The minimum Gasteiger partial charge on any atom is -0.355 e. The first-order valence-corrected chi connectivity index (χ1v) is 7.47. The molecule has 23 heavy (non-hydrogen) atoms. The van der Waals surface area contributed by atoms with Crippen molar-refractivity contribution < 1.29 is 0 Å². The van der Waals surface area contributed by atoms with Crippen LogP contribution in [0.4, 0.5) is 0 Å². The number of aromatic amines is 1. The molecule has 1 aromatic rings. The number of aromatic nitrogens is 1. The second kappa shape index (κ2) is 4.61. The number of nitrogens with zero attached hydrogens (tertiary/aromatic N) is 3. The van der Waals surface area contributed by atoms with E-state index >= 15 is 0 Å². The molecule has 0 fully saturated rings. The molecular formula is C19H12N4. The highest BCUT2D eigenvalue weighted by atomic mass is 14.9. The molecule has 5 rings (SSSR count). The summed E-state index contributed by atoms with van der Waals surface area (Å²) in [6.07, 6.45) is 18.0. The van der Waals surface area contributed by atoms with Gasteiger partial charge in [-0.3, -0.25) is 0 Å². The third kappa shape index (κ3) is 2.21. The second-order valence-electron chi connectivity index (χ2n) is 5.61. The number of hydrogen-bond acceptors (Lipinski definition) is 3. The molecule has 0 amide bonds. The first-order chi connectivity index (χ1) is 11.3. The minimum absolute atomic E-state index is 0.885. The van der Waals surface area contributed by atoms with Crippen LogP contribution in [0.25, 0.3) is 12.2 Å². The zero-order valence-electron chi connectivity index (χ0n) is 12.2. The lowest BCUT2D eigenvalue weighted by atomic mass is 10.3. The van der Waals surface area contributed by atoms with Gasteiger partial charge in [-0.05, 0) is 66.8 Å². The molecular weight excluding hydrogens is 284 g/mol. The summed E-state index contributed by atoms with van der Waals surface area (Å²) in [4.78, 5) is 17.2. The van der Waals surface area contributed by atoms with Crippen molar-refractivity contribution in [2.75, 3.05) is 0 Å². The fourth-order valence-electron chi connectivity index (χ4n) is 2.83. The quantitative estimate of drug-likeness (QED) is 0.758. The van der Waals surface area contributed by atoms with E-state index in [-0.39, 0.29) is 0 Å². The van der Waals surface area contributed by atoms with Crippen LogP contribution in [-0.2, 0) is 0 Å². The van der Waals surface area contributed by atoms with Gasteiger partial charge in [-0.1, -0.05) is 0 Å². The Morgan fingerprint density at radius 1 is 0.565 bits per heavy atom. The third-order valence-corrected chi connectivity index (χ3v) is 3.90. The number of aliphatic imine (C=N–C) groups is 3. The Hall–Kier alpha value is -3.27. The molecule has 8 bridgehead atoms. The fourth-order valence-corrected chi connectivity index (χ4v) is 2.83. The molecule has 0 radical (unpaired) electrons. The maximum atomic E-state index is 4.64. The normalized spacial score (nSPS) is 20.3. The van der Waals surface area contributed by atoms with E-state index in [1.165, 1.54) is 0 Å². The van der Waals surface area contributed by atoms with E-state index in [1.807, 2.05) is 66.8 Å². The maximum absolute atomic E-state index is 4.64. The highest BCUT2D eigenvalue weighted by Crippen LogP contribution is 2.22. The van der Waals surface area contributed by atoms with Crippen LogP contribution < -0.4 is 10.7 Å². The molecule has 1 N–H and O–H groups in total. The lowest BCUT2D eigenvalue weighted by molar-refractivity contribution is 1.27. The Morgan fingerprint density at radius 3 is 1.83 bits per heavy atom. The molecule has 1 aromatic heterocycles. The summed E-state index contributed by atoms with van der Waals surface area (Å²) in [5.41, 5.74) is 5.43. The van der Waals surface area contributed by atoms with E-state index in [2.05, 4.69) is 20.0 Å². The van der Waals surface area contributed by atoms with Crippen LogP contribution in [-0.4, -0.2) is 22.1 Å². The zero-order valence-corrected chi connectivity index (χ0v) is 12.2. The van der Waals surface area contributed by atoms with E-state index in [0.717, 1.165) is 44.9 Å². The summed E-state index contributed by atoms with van der Waals surface area (Å²) in [5, 5.41) is 2.04. The first kappa shape index (κ1) is 12.3. The predicted octanol–water partition coefficient (Wildman–Crippen LogP) is 1.72. The Labute approximate surface area is 132 Å². The van der Waals surface area contributed by atoms with Gasteiger partial charge in [0, 0.05) is 10.7 Å². The number of allylic oxidation sites excluding steroid dienone is 7. The van der Waals surface area contributed by atoms with Gasteiger partial charge in [0.1, 0.15) is 0 Å². The van der Waals surface area contributed by atoms with Crippen molar-refractivity contribution in [2.45, 2.75) is 0 Å². The molecule has 108 valence electrons. The van der Waals surface area contributed by atoms with Crippen molar-refractivity contribution in [1.82, 2.24) is 4.98 Å². The molecule has 4 nitrogen and oxygen atoms in total. The van der Waals surface area contributed by atoms with Gasteiger partial charge in [0.05, 0.1) is 34.2 Å². The topological polar surface area (TPSA) is 52.9 Å². The smallest absolute Gasteiger partial charge is 0.0894 e. The standard InChI is InChI=1S/C19H12N4/c1-3-14-10-16-5-7-18(22-16)19-8-6-17(23-19)11-15-4-2-13(21-15)9-12(1)20-14/h1-11,20H. The van der Waals surface area contributed by atoms with Gasteiger partial charge < -0.3 is 4.98 Å². The highest BCUT2D eigenvalue weighted by molar-refractivity contribution is 6.20. The molecule has 0 saturated heterocycles. The predicted molar refractivity (Wildman–Crippen MR) is 93.8 cm³/mol. The average molecular weight is 296 g/mol. The van der Waals surface area contributed by atoms with Crippen LogP contribution in [0, 0.1) is 0 Å². The average Bonchev–Trinajstić information content (AvgIpc) is 3.28. The van der Waals surface area contributed by atoms with E-state index < -0.39 is 0 Å². The fraction of sp³-hybridized carbons (Fsp3) is 0. The lowest BCUT2D eigenvalue weighted by Gasteiger charge is -1.93. The molecule has 4 aliphatic heterocycles. The van der Waals surface area contributed by atoms with Crippen LogP contribution in [0.5, 0.6) is 0 Å². The van der Waals surface area contributed by atoms with Crippen LogP contribution >= 0.6 is 0 Å². The molecule has 0 aliphatic carbocycles. The van der Waals surface area contributed by atoms with Crippen molar-refractivity contribution in [1.29, 1.82) is 0 Å². The Balaban J connectivity index is 1.77. The third-order valence-electron chi connectivity index (χ3n) is 3.90. The summed E-state index contributed by atoms with van der Waals surface area (Å²) in [5.74, 6) is 0. The van der Waals surface area contributed by atoms with Gasteiger partial charge in [-0.2, -0.15) is 0 Å². The Morgan fingerprint density at radius 2 is 1.13 bits per heavy atom. The van der Waals surface area contributed by atoms with Crippen LogP contribution in [0.15, 0.2) is 86.7 Å². The number of rotatable bonds is 0. The Bertz CT molecular complexity index is 1090. The van der Waals surface area contributed by atoms with Gasteiger partial charge in [-0.25, -0.2) is 15.0 Å². The number of fused-ring (bicyclic) bond motifs is 5. The molecule has 5 heterocycles. The molecule has 0 atom stereocenters. The van der Waals surface area contributed by atoms with Crippen LogP contribution in [0.3, 0.4) is 0 Å². The Kier molecular flexibility index (Phi) is 2.46. The summed E-state index contributed by atoms with van der Waals surface area (Å²) < 4.78 is 0. The highest BCUT2D eigenvalue weighted by Gasteiger charge is 2.12. The van der Waals surface area contributed by atoms with Crippen molar-refractivity contribution in [2.24, 2.45) is 15.0 Å². The minimum atomic E-state index is 0.885. The molecule has 0 aromatic carbocycles. The molecule has 4 aliphatic rings. The largest absolute Gasteiger partial charge is 0.355 e. The van der Waals surface area contributed by atoms with Crippen molar-refractivity contribution in [3.05, 3.63) is 82.5 Å². The van der Waals surface area contributed by atoms with E-state index in [4.69, 9.17) is 0 Å². The monoisotopic (exact) mass is 296 g/mol. The number of hydrogen-bond donors (Lipinski definition) is 1. The van der Waals surface area contributed by atoms with Crippen molar-refractivity contribution >= 4 is 29.3 Å². The van der Waals surface area contributed by atoms with Crippen LogP contribution in [0.2, 0.25) is 0 Å². The second-order valence-corrected chi connectivity index (χ2v) is 5.61. The molecule has 0 unspecified atom stereocenters. The molecule has 4 heteroatoms. The van der Waals surface area contributed by atoms with E-state index in [1.54, 1.807) is 0 Å². The zero-order chi connectivity index (χ0) is 15.2. The van der Waals surface area contributed by atoms with Gasteiger partial charge in [0.25, 0.3) is 0 Å². The van der Waals surface area contributed by atoms with Gasteiger partial charge in [0.15, 0.2) is 0 Å². The summed E-state index contributed by atoms with van der Waals surface area (Å²) >= 11 is 0. The summed E-state index contributed by atoms with van der Waals surface area (Å²) in [6.45, 7) is 0. The summed E-state index contributed by atoms with van der Waals surface area (Å²) in [7, 11) is 0. The SMILES string of the molecule is C1=CC2=NC1=CC1=NC(=C3C=CC(=N3)C=c3ccc([nH]3)=C2)C=C1. The van der Waals surface area contributed by atoms with Gasteiger partial charge in [0.2, 0.25) is 0 Å². The number of nitrogens with one attached hydrogen (secondary N) is 1. The number of H-pyrrole nitrogens is 1. The van der Waals surface area contributed by atoms with Gasteiger partial charge >= 0.3 is 0 Å². The lowest BCUT2D eigenvalue weighted by Crippen LogP contribution is -2.12.